The van der Waals surface area contributed by atoms with Crippen molar-refractivity contribution in [3.8, 4) is 67.2 Å². The zero-order valence-electron chi connectivity index (χ0n) is 27.4. The molecule has 234 valence electrons. The summed E-state index contributed by atoms with van der Waals surface area (Å²) in [5.41, 5.74) is 14.0. The van der Waals surface area contributed by atoms with E-state index < -0.39 is 0 Å². The van der Waals surface area contributed by atoms with Crippen LogP contribution in [-0.2, 0) is 0 Å². The largest absolute Gasteiger partial charge is 0.248 e. The van der Waals surface area contributed by atoms with Crippen molar-refractivity contribution in [2.45, 2.75) is 0 Å². The number of pyridine rings is 2. The summed E-state index contributed by atoms with van der Waals surface area (Å²) < 4.78 is 0. The Morgan fingerprint density at radius 1 is 0.260 bits per heavy atom. The lowest BCUT2D eigenvalue weighted by Gasteiger charge is -2.17. The molecule has 2 aromatic heterocycles. The lowest BCUT2D eigenvalue weighted by Crippen LogP contribution is -1.95. The van der Waals surface area contributed by atoms with E-state index in [4.69, 9.17) is 9.97 Å². The third-order valence-electron chi connectivity index (χ3n) is 9.44. The standard InChI is InChI=1S/C48H32N2/c1-5-16-33(17-6-1)37-24-15-25-38(28-37)45-30-39(29-44(49-45)35-20-9-3-10-21-35)42-31-47-48(41-27-14-13-26-40(41)42)43(34-18-7-2-8-19-34)32-46(50-47)36-22-11-4-12-23-36/h1-32H. The number of hydrogen-bond donors (Lipinski definition) is 0. The van der Waals surface area contributed by atoms with Crippen molar-refractivity contribution >= 4 is 21.7 Å². The summed E-state index contributed by atoms with van der Waals surface area (Å²) in [7, 11) is 0. The lowest BCUT2D eigenvalue weighted by molar-refractivity contribution is 1.32. The van der Waals surface area contributed by atoms with Gasteiger partial charge in [-0.2, -0.15) is 0 Å². The van der Waals surface area contributed by atoms with Gasteiger partial charge in [-0.3, -0.25) is 0 Å². The van der Waals surface area contributed by atoms with Crippen molar-refractivity contribution in [2.75, 3.05) is 0 Å². The van der Waals surface area contributed by atoms with Crippen LogP contribution in [0.15, 0.2) is 194 Å². The van der Waals surface area contributed by atoms with Gasteiger partial charge in [0.1, 0.15) is 0 Å². The fourth-order valence-corrected chi connectivity index (χ4v) is 7.02. The molecular formula is C48H32N2. The molecule has 0 unspecified atom stereocenters. The van der Waals surface area contributed by atoms with Gasteiger partial charge in [-0.15, -0.1) is 0 Å². The number of hydrogen-bond acceptors (Lipinski definition) is 2. The predicted octanol–water partition coefficient (Wildman–Crippen LogP) is 12.8. The molecule has 2 nitrogen and oxygen atoms in total. The molecule has 0 aliphatic carbocycles. The molecule has 0 aliphatic rings. The summed E-state index contributed by atoms with van der Waals surface area (Å²) >= 11 is 0. The van der Waals surface area contributed by atoms with Gasteiger partial charge in [0.05, 0.1) is 22.6 Å². The van der Waals surface area contributed by atoms with Crippen molar-refractivity contribution in [2.24, 2.45) is 0 Å². The highest BCUT2D eigenvalue weighted by Crippen LogP contribution is 2.42. The molecule has 0 spiro atoms. The van der Waals surface area contributed by atoms with Gasteiger partial charge in [0.15, 0.2) is 0 Å². The van der Waals surface area contributed by atoms with E-state index in [2.05, 4.69) is 194 Å². The monoisotopic (exact) mass is 636 g/mol. The number of nitrogens with zero attached hydrogens (tertiary/aromatic N) is 2. The maximum absolute atomic E-state index is 5.36. The van der Waals surface area contributed by atoms with Crippen LogP contribution in [0.3, 0.4) is 0 Å². The predicted molar refractivity (Wildman–Crippen MR) is 210 cm³/mol. The molecule has 9 rings (SSSR count). The summed E-state index contributed by atoms with van der Waals surface area (Å²) in [5, 5.41) is 3.51. The molecule has 0 N–H and O–H groups in total. The van der Waals surface area contributed by atoms with Gasteiger partial charge < -0.3 is 0 Å². The first-order valence-corrected chi connectivity index (χ1v) is 17.0. The van der Waals surface area contributed by atoms with E-state index in [9.17, 15) is 0 Å². The van der Waals surface area contributed by atoms with Crippen molar-refractivity contribution in [1.82, 2.24) is 9.97 Å². The molecule has 0 radical (unpaired) electrons. The summed E-state index contributed by atoms with van der Waals surface area (Å²) in [6.07, 6.45) is 0. The Kier molecular flexibility index (Phi) is 7.53. The van der Waals surface area contributed by atoms with E-state index >= 15 is 0 Å². The Bertz CT molecular complexity index is 2610. The maximum atomic E-state index is 5.36. The van der Waals surface area contributed by atoms with Gasteiger partial charge in [-0.25, -0.2) is 9.97 Å². The Morgan fingerprint density at radius 2 is 0.740 bits per heavy atom. The SMILES string of the molecule is c1ccc(-c2cccc(-c3cc(-c4cc5nc(-c6ccccc6)cc(-c6ccccc6)c5c5ccccc45)cc(-c4ccccc4)n3)c2)cc1. The lowest BCUT2D eigenvalue weighted by atomic mass is 9.89. The van der Waals surface area contributed by atoms with Crippen molar-refractivity contribution < 1.29 is 0 Å². The molecule has 0 fully saturated rings. The summed E-state index contributed by atoms with van der Waals surface area (Å²) in [5.74, 6) is 0. The fourth-order valence-electron chi connectivity index (χ4n) is 7.02. The smallest absolute Gasteiger partial charge is 0.0728 e. The summed E-state index contributed by atoms with van der Waals surface area (Å²) in [6, 6.07) is 68.6. The molecule has 0 saturated heterocycles. The maximum Gasteiger partial charge on any atom is 0.0728 e. The normalized spacial score (nSPS) is 11.2. The third-order valence-corrected chi connectivity index (χ3v) is 9.44. The van der Waals surface area contributed by atoms with Crippen LogP contribution in [-0.4, -0.2) is 9.97 Å². The van der Waals surface area contributed by atoms with E-state index in [1.54, 1.807) is 0 Å². The van der Waals surface area contributed by atoms with Crippen LogP contribution in [0.5, 0.6) is 0 Å². The van der Waals surface area contributed by atoms with Crippen LogP contribution in [0.1, 0.15) is 0 Å². The molecule has 2 heteroatoms. The average Bonchev–Trinajstić information content (AvgIpc) is 3.21. The Labute approximate surface area is 292 Å². The van der Waals surface area contributed by atoms with E-state index in [0.29, 0.717) is 0 Å². The number of fused-ring (bicyclic) bond motifs is 3. The van der Waals surface area contributed by atoms with Gasteiger partial charge in [0.2, 0.25) is 0 Å². The number of benzene rings is 7. The molecule has 0 amide bonds. The molecule has 2 heterocycles. The van der Waals surface area contributed by atoms with Crippen LogP contribution >= 0.6 is 0 Å². The van der Waals surface area contributed by atoms with E-state index in [1.807, 2.05) is 0 Å². The highest BCUT2D eigenvalue weighted by Gasteiger charge is 2.18. The first-order valence-electron chi connectivity index (χ1n) is 17.0. The minimum absolute atomic E-state index is 0.930. The highest BCUT2D eigenvalue weighted by atomic mass is 14.7. The third kappa shape index (κ3) is 5.53. The van der Waals surface area contributed by atoms with Crippen LogP contribution in [0.4, 0.5) is 0 Å². The second-order valence-corrected chi connectivity index (χ2v) is 12.6. The summed E-state index contributed by atoms with van der Waals surface area (Å²) in [6.45, 7) is 0. The molecular weight excluding hydrogens is 605 g/mol. The quantitative estimate of drug-likeness (QED) is 0.170. The van der Waals surface area contributed by atoms with Gasteiger partial charge in [-0.1, -0.05) is 164 Å². The molecule has 0 saturated carbocycles. The van der Waals surface area contributed by atoms with Crippen molar-refractivity contribution in [3.05, 3.63) is 194 Å². The Balaban J connectivity index is 1.32. The molecule has 7 aromatic carbocycles. The van der Waals surface area contributed by atoms with Gasteiger partial charge in [0, 0.05) is 22.1 Å². The van der Waals surface area contributed by atoms with Crippen LogP contribution in [0.25, 0.3) is 88.8 Å². The molecule has 0 atom stereocenters. The van der Waals surface area contributed by atoms with Gasteiger partial charge in [0.25, 0.3) is 0 Å². The second-order valence-electron chi connectivity index (χ2n) is 12.6. The van der Waals surface area contributed by atoms with Crippen LogP contribution in [0, 0.1) is 0 Å². The van der Waals surface area contributed by atoms with Crippen molar-refractivity contribution in [1.29, 1.82) is 0 Å². The molecule has 50 heavy (non-hydrogen) atoms. The molecule has 0 bridgehead atoms. The van der Waals surface area contributed by atoms with Crippen LogP contribution < -0.4 is 0 Å². The fraction of sp³-hybridized carbons (Fsp3) is 0. The number of rotatable bonds is 6. The minimum Gasteiger partial charge on any atom is -0.248 e. The minimum atomic E-state index is 0.930. The second kappa shape index (κ2) is 12.8. The van der Waals surface area contributed by atoms with Crippen molar-refractivity contribution in [3.63, 3.8) is 0 Å². The van der Waals surface area contributed by atoms with Gasteiger partial charge >= 0.3 is 0 Å². The molecule has 0 aliphatic heterocycles. The van der Waals surface area contributed by atoms with E-state index in [0.717, 1.165) is 55.8 Å². The Hall–Kier alpha value is -6.64. The highest BCUT2D eigenvalue weighted by molar-refractivity contribution is 6.18. The zero-order chi connectivity index (χ0) is 33.3. The summed E-state index contributed by atoms with van der Waals surface area (Å²) in [4.78, 5) is 10.6. The zero-order valence-corrected chi connectivity index (χ0v) is 27.4. The number of aromatic nitrogens is 2. The first kappa shape index (κ1) is 29.5. The average molecular weight is 637 g/mol. The molecule has 9 aromatic rings. The van der Waals surface area contributed by atoms with E-state index in [1.165, 1.54) is 33.0 Å². The van der Waals surface area contributed by atoms with Crippen LogP contribution in [0.2, 0.25) is 0 Å². The Morgan fingerprint density at radius 3 is 1.38 bits per heavy atom. The van der Waals surface area contributed by atoms with E-state index in [-0.39, 0.29) is 0 Å². The topological polar surface area (TPSA) is 25.8 Å². The first-order chi connectivity index (χ1) is 24.8. The van der Waals surface area contributed by atoms with Gasteiger partial charge in [-0.05, 0) is 74.5 Å².